The molecule has 6 nitrogen and oxygen atoms in total. The predicted molar refractivity (Wildman–Crippen MR) is 52.9 cm³/mol. The van der Waals surface area contributed by atoms with Crippen molar-refractivity contribution in [2.24, 2.45) is 0 Å². The Balaban J connectivity index is 2.51. The number of aromatic nitrogens is 3. The predicted octanol–water partition coefficient (Wildman–Crippen LogP) is 0.307. The highest BCUT2D eigenvalue weighted by Gasteiger charge is 2.24. The first-order valence-corrected chi connectivity index (χ1v) is 4.96. The quantitative estimate of drug-likeness (QED) is 0.786. The van der Waals surface area contributed by atoms with Gasteiger partial charge in [0.1, 0.15) is 6.33 Å². The van der Waals surface area contributed by atoms with Crippen molar-refractivity contribution in [3.05, 3.63) is 39.2 Å². The van der Waals surface area contributed by atoms with Crippen LogP contribution in [0.25, 0.3) is 0 Å². The molecule has 2 rings (SSSR count). The van der Waals surface area contributed by atoms with E-state index in [1.807, 2.05) is 0 Å². The number of hydrogen-bond donors (Lipinski definition) is 2. The van der Waals surface area contributed by atoms with Gasteiger partial charge < -0.3 is 5.11 Å². The highest BCUT2D eigenvalue weighted by Crippen LogP contribution is 2.21. The van der Waals surface area contributed by atoms with Gasteiger partial charge in [0.05, 0.1) is 0 Å². The summed E-state index contributed by atoms with van der Waals surface area (Å²) in [6.45, 7) is 0. The molecule has 0 saturated heterocycles. The molecule has 0 fully saturated rings. The van der Waals surface area contributed by atoms with Crippen LogP contribution < -0.4 is 5.69 Å². The molecule has 0 aliphatic carbocycles. The molecule has 0 amide bonds. The maximum absolute atomic E-state index is 11.2. The molecule has 7 heteroatoms. The van der Waals surface area contributed by atoms with E-state index in [9.17, 15) is 9.59 Å². The Morgan fingerprint density at radius 3 is 2.93 bits per heavy atom. The Kier molecular flexibility index (Phi) is 2.38. The zero-order valence-corrected chi connectivity index (χ0v) is 8.27. The van der Waals surface area contributed by atoms with Crippen molar-refractivity contribution in [1.29, 1.82) is 0 Å². The van der Waals surface area contributed by atoms with Crippen LogP contribution in [0.5, 0.6) is 0 Å². The topological polar surface area (TPSA) is 88.0 Å². The molecule has 2 heterocycles. The first kappa shape index (κ1) is 9.66. The molecule has 15 heavy (non-hydrogen) atoms. The Labute approximate surface area is 87.8 Å². The summed E-state index contributed by atoms with van der Waals surface area (Å²) in [6, 6.07) is 2.40. The summed E-state index contributed by atoms with van der Waals surface area (Å²) in [5.41, 5.74) is -0.532. The summed E-state index contributed by atoms with van der Waals surface area (Å²) in [4.78, 5) is 22.9. The molecular weight excluding hydrogens is 218 g/mol. The van der Waals surface area contributed by atoms with Gasteiger partial charge in [0.2, 0.25) is 0 Å². The number of nitrogens with one attached hydrogen (secondary N) is 1. The fourth-order valence-corrected chi connectivity index (χ4v) is 2.08. The van der Waals surface area contributed by atoms with Gasteiger partial charge in [-0.15, -0.1) is 11.3 Å². The molecule has 0 aliphatic rings. The maximum Gasteiger partial charge on any atom is 0.344 e. The second-order valence-electron chi connectivity index (χ2n) is 2.82. The fourth-order valence-electron chi connectivity index (χ4n) is 1.26. The summed E-state index contributed by atoms with van der Waals surface area (Å²) in [5, 5.41) is 16.5. The van der Waals surface area contributed by atoms with E-state index in [0.29, 0.717) is 4.88 Å². The molecule has 0 spiro atoms. The molecule has 2 aromatic heterocycles. The highest BCUT2D eigenvalue weighted by atomic mass is 32.1. The number of carbonyl (C=O) groups is 1. The van der Waals surface area contributed by atoms with E-state index in [0.717, 1.165) is 4.57 Å². The lowest BCUT2D eigenvalue weighted by molar-refractivity contribution is -0.139. The van der Waals surface area contributed by atoms with E-state index in [4.69, 9.17) is 5.11 Å². The fraction of sp³-hybridized carbons (Fsp3) is 0.125. The van der Waals surface area contributed by atoms with Crippen molar-refractivity contribution >= 4 is 17.3 Å². The minimum Gasteiger partial charge on any atom is -0.479 e. The van der Waals surface area contributed by atoms with E-state index in [1.165, 1.54) is 17.7 Å². The number of carboxylic acids is 1. The Bertz CT molecular complexity index is 513. The molecule has 0 aliphatic heterocycles. The number of hydrogen-bond acceptors (Lipinski definition) is 4. The highest BCUT2D eigenvalue weighted by molar-refractivity contribution is 7.10. The van der Waals surface area contributed by atoms with Crippen LogP contribution in [-0.2, 0) is 4.79 Å². The smallest absolute Gasteiger partial charge is 0.344 e. The van der Waals surface area contributed by atoms with Crippen LogP contribution in [0.15, 0.2) is 28.6 Å². The molecular formula is C8H7N3O3S. The third kappa shape index (κ3) is 1.68. The lowest BCUT2D eigenvalue weighted by Gasteiger charge is -2.09. The molecule has 0 radical (unpaired) electrons. The van der Waals surface area contributed by atoms with Crippen molar-refractivity contribution in [2.75, 3.05) is 0 Å². The Morgan fingerprint density at radius 1 is 1.67 bits per heavy atom. The molecule has 2 N–H and O–H groups in total. The summed E-state index contributed by atoms with van der Waals surface area (Å²) in [5.74, 6) is -1.08. The van der Waals surface area contributed by atoms with Crippen molar-refractivity contribution in [1.82, 2.24) is 14.8 Å². The molecule has 2 aromatic rings. The Hall–Kier alpha value is -1.89. The molecule has 0 aromatic carbocycles. The number of rotatable bonds is 3. The summed E-state index contributed by atoms with van der Waals surface area (Å²) in [7, 11) is 0. The van der Waals surface area contributed by atoms with Gasteiger partial charge in [0.15, 0.2) is 6.04 Å². The first-order valence-electron chi connectivity index (χ1n) is 4.08. The average molecular weight is 225 g/mol. The van der Waals surface area contributed by atoms with E-state index >= 15 is 0 Å². The van der Waals surface area contributed by atoms with E-state index in [1.54, 1.807) is 17.5 Å². The van der Waals surface area contributed by atoms with Crippen LogP contribution >= 0.6 is 11.3 Å². The van der Waals surface area contributed by atoms with Crippen molar-refractivity contribution < 1.29 is 9.90 Å². The number of H-pyrrole nitrogens is 1. The zero-order valence-electron chi connectivity index (χ0n) is 7.45. The van der Waals surface area contributed by atoms with Crippen LogP contribution in [0.1, 0.15) is 10.9 Å². The number of aromatic amines is 1. The lowest BCUT2D eigenvalue weighted by atomic mass is 10.2. The van der Waals surface area contributed by atoms with Crippen LogP contribution in [0.2, 0.25) is 0 Å². The Morgan fingerprint density at radius 2 is 2.47 bits per heavy atom. The van der Waals surface area contributed by atoms with Crippen LogP contribution in [-0.4, -0.2) is 25.8 Å². The number of carboxylic acid groups (broad SMARTS) is 1. The summed E-state index contributed by atoms with van der Waals surface area (Å²) in [6.07, 6.45) is 1.18. The molecule has 1 unspecified atom stereocenters. The zero-order chi connectivity index (χ0) is 10.8. The van der Waals surface area contributed by atoms with Crippen molar-refractivity contribution in [2.45, 2.75) is 6.04 Å². The largest absolute Gasteiger partial charge is 0.479 e. The molecule has 78 valence electrons. The molecule has 1 atom stereocenters. The van der Waals surface area contributed by atoms with E-state index in [2.05, 4.69) is 10.2 Å². The van der Waals surface area contributed by atoms with Crippen molar-refractivity contribution in [3.63, 3.8) is 0 Å². The van der Waals surface area contributed by atoms with Gasteiger partial charge in [0, 0.05) is 4.88 Å². The van der Waals surface area contributed by atoms with E-state index < -0.39 is 17.7 Å². The third-order valence-electron chi connectivity index (χ3n) is 1.90. The second kappa shape index (κ2) is 3.70. The van der Waals surface area contributed by atoms with Crippen LogP contribution in [0.4, 0.5) is 0 Å². The van der Waals surface area contributed by atoms with Gasteiger partial charge in [-0.1, -0.05) is 6.07 Å². The number of nitrogens with zero attached hydrogens (tertiary/aromatic N) is 2. The third-order valence-corrected chi connectivity index (χ3v) is 2.83. The van der Waals surface area contributed by atoms with Gasteiger partial charge in [-0.3, -0.25) is 4.57 Å². The van der Waals surface area contributed by atoms with Crippen LogP contribution in [0, 0.1) is 0 Å². The number of thiophene rings is 1. The van der Waals surface area contributed by atoms with Gasteiger partial charge in [0.25, 0.3) is 0 Å². The molecule has 0 saturated carbocycles. The SMILES string of the molecule is O=C(O)C(c1cccs1)n1cn[nH]c1=O. The van der Waals surface area contributed by atoms with Gasteiger partial charge in [-0.2, -0.15) is 5.10 Å². The average Bonchev–Trinajstić information content (AvgIpc) is 2.79. The second-order valence-corrected chi connectivity index (χ2v) is 3.80. The summed E-state index contributed by atoms with van der Waals surface area (Å²) < 4.78 is 1.05. The van der Waals surface area contributed by atoms with E-state index in [-0.39, 0.29) is 0 Å². The van der Waals surface area contributed by atoms with Gasteiger partial charge >= 0.3 is 11.7 Å². The number of aliphatic carboxylic acids is 1. The standard InChI is InChI=1S/C8H7N3O3S/c12-7(13)6(5-2-1-3-15-5)11-4-9-10-8(11)14/h1-4,6H,(H,10,14)(H,12,13). The normalized spacial score (nSPS) is 12.5. The van der Waals surface area contributed by atoms with Gasteiger partial charge in [-0.25, -0.2) is 14.7 Å². The minimum atomic E-state index is -1.08. The maximum atomic E-state index is 11.2. The molecule has 0 bridgehead atoms. The lowest BCUT2D eigenvalue weighted by Crippen LogP contribution is -2.27. The van der Waals surface area contributed by atoms with Crippen LogP contribution in [0.3, 0.4) is 0 Å². The van der Waals surface area contributed by atoms with Gasteiger partial charge in [-0.05, 0) is 11.4 Å². The van der Waals surface area contributed by atoms with Crippen molar-refractivity contribution in [3.8, 4) is 0 Å². The summed E-state index contributed by atoms with van der Waals surface area (Å²) >= 11 is 1.28. The first-order chi connectivity index (χ1) is 7.20. The minimum absolute atomic E-state index is 0.532. The monoisotopic (exact) mass is 225 g/mol.